The first-order chi connectivity index (χ1) is 9.33. The van der Waals surface area contributed by atoms with Crippen LogP contribution in [0.4, 0.5) is 0 Å². The SMILES string of the molecule is O=c1ccc2c([nH]1)CCCC2NCc1ccccc1. The molecule has 0 amide bonds. The lowest BCUT2D eigenvalue weighted by molar-refractivity contribution is 0.453. The fraction of sp³-hybridized carbons (Fsp3) is 0.312. The lowest BCUT2D eigenvalue weighted by Gasteiger charge is -2.26. The van der Waals surface area contributed by atoms with Gasteiger partial charge in [-0.3, -0.25) is 4.79 Å². The van der Waals surface area contributed by atoms with Crippen molar-refractivity contribution in [2.45, 2.75) is 31.8 Å². The number of pyridine rings is 1. The van der Waals surface area contributed by atoms with Crippen LogP contribution >= 0.6 is 0 Å². The molecule has 0 fully saturated rings. The van der Waals surface area contributed by atoms with Crippen LogP contribution in [0.25, 0.3) is 0 Å². The molecule has 0 spiro atoms. The smallest absolute Gasteiger partial charge is 0.248 e. The van der Waals surface area contributed by atoms with Crippen LogP contribution in [0.15, 0.2) is 47.3 Å². The topological polar surface area (TPSA) is 44.9 Å². The van der Waals surface area contributed by atoms with Crippen LogP contribution in [0.5, 0.6) is 0 Å². The highest BCUT2D eigenvalue weighted by Crippen LogP contribution is 2.27. The lowest BCUT2D eigenvalue weighted by atomic mass is 9.91. The Labute approximate surface area is 112 Å². The van der Waals surface area contributed by atoms with Crippen LogP contribution in [0, 0.1) is 0 Å². The van der Waals surface area contributed by atoms with E-state index in [4.69, 9.17) is 0 Å². The maximum atomic E-state index is 11.4. The molecule has 1 unspecified atom stereocenters. The number of hydrogen-bond acceptors (Lipinski definition) is 2. The molecule has 98 valence electrons. The molecule has 3 heteroatoms. The number of H-pyrrole nitrogens is 1. The largest absolute Gasteiger partial charge is 0.326 e. The number of hydrogen-bond donors (Lipinski definition) is 2. The van der Waals surface area contributed by atoms with Gasteiger partial charge in [-0.2, -0.15) is 0 Å². The van der Waals surface area contributed by atoms with E-state index in [-0.39, 0.29) is 5.56 Å². The number of nitrogens with one attached hydrogen (secondary N) is 2. The van der Waals surface area contributed by atoms with Crippen molar-refractivity contribution < 1.29 is 0 Å². The molecule has 0 saturated carbocycles. The molecule has 1 aliphatic rings. The zero-order valence-corrected chi connectivity index (χ0v) is 10.9. The first-order valence-electron chi connectivity index (χ1n) is 6.82. The van der Waals surface area contributed by atoms with Gasteiger partial charge in [-0.05, 0) is 30.4 Å². The van der Waals surface area contributed by atoms with E-state index >= 15 is 0 Å². The van der Waals surface area contributed by atoms with Crippen LogP contribution in [0.1, 0.15) is 35.7 Å². The first kappa shape index (κ1) is 12.2. The van der Waals surface area contributed by atoms with E-state index in [0.717, 1.165) is 31.5 Å². The van der Waals surface area contributed by atoms with E-state index in [1.165, 1.54) is 11.1 Å². The molecule has 1 aromatic carbocycles. The molecule has 1 heterocycles. The van der Waals surface area contributed by atoms with Gasteiger partial charge in [0.2, 0.25) is 5.56 Å². The van der Waals surface area contributed by atoms with Crippen LogP contribution in [-0.4, -0.2) is 4.98 Å². The minimum Gasteiger partial charge on any atom is -0.326 e. The Hall–Kier alpha value is -1.87. The molecule has 2 aromatic rings. The van der Waals surface area contributed by atoms with Gasteiger partial charge in [0.25, 0.3) is 0 Å². The summed E-state index contributed by atoms with van der Waals surface area (Å²) in [6.45, 7) is 0.865. The van der Waals surface area contributed by atoms with Gasteiger partial charge in [0, 0.05) is 24.3 Å². The van der Waals surface area contributed by atoms with E-state index in [9.17, 15) is 4.79 Å². The highest BCUT2D eigenvalue weighted by molar-refractivity contribution is 5.26. The van der Waals surface area contributed by atoms with Crippen molar-refractivity contribution in [3.63, 3.8) is 0 Å². The second-order valence-electron chi connectivity index (χ2n) is 5.07. The lowest BCUT2D eigenvalue weighted by Crippen LogP contribution is -2.27. The van der Waals surface area contributed by atoms with Gasteiger partial charge in [0.05, 0.1) is 0 Å². The molecule has 19 heavy (non-hydrogen) atoms. The second kappa shape index (κ2) is 5.41. The average molecular weight is 254 g/mol. The molecule has 0 aliphatic heterocycles. The van der Waals surface area contributed by atoms with Crippen LogP contribution in [0.3, 0.4) is 0 Å². The van der Waals surface area contributed by atoms with Crippen molar-refractivity contribution in [3.05, 3.63) is 69.6 Å². The van der Waals surface area contributed by atoms with Crippen molar-refractivity contribution in [1.82, 2.24) is 10.3 Å². The quantitative estimate of drug-likeness (QED) is 0.884. The van der Waals surface area contributed by atoms with Crippen molar-refractivity contribution >= 4 is 0 Å². The van der Waals surface area contributed by atoms with E-state index in [2.05, 4.69) is 34.6 Å². The average Bonchev–Trinajstić information content (AvgIpc) is 2.45. The number of aromatic nitrogens is 1. The molecule has 0 saturated heterocycles. The van der Waals surface area contributed by atoms with E-state index in [1.807, 2.05) is 12.1 Å². The highest BCUT2D eigenvalue weighted by atomic mass is 16.1. The van der Waals surface area contributed by atoms with Crippen LogP contribution in [0.2, 0.25) is 0 Å². The molecular formula is C16H18N2O. The third-order valence-electron chi connectivity index (χ3n) is 3.73. The Kier molecular flexibility index (Phi) is 3.47. The van der Waals surface area contributed by atoms with Gasteiger partial charge in [-0.25, -0.2) is 0 Å². The minimum absolute atomic E-state index is 0.00228. The zero-order valence-electron chi connectivity index (χ0n) is 10.9. The number of aromatic amines is 1. The number of benzene rings is 1. The maximum absolute atomic E-state index is 11.4. The van der Waals surface area contributed by atoms with Gasteiger partial charge in [-0.1, -0.05) is 36.4 Å². The Balaban J connectivity index is 1.75. The summed E-state index contributed by atoms with van der Waals surface area (Å²) in [5, 5.41) is 3.59. The standard InChI is InChI=1S/C16H18N2O/c19-16-10-9-13-14(7-4-8-15(13)18-16)17-11-12-5-2-1-3-6-12/h1-3,5-6,9-10,14,17H,4,7-8,11H2,(H,18,19). The normalized spacial score (nSPS) is 18.0. The molecule has 3 nitrogen and oxygen atoms in total. The fourth-order valence-electron chi connectivity index (χ4n) is 2.75. The summed E-state index contributed by atoms with van der Waals surface area (Å²) >= 11 is 0. The number of fused-ring (bicyclic) bond motifs is 1. The second-order valence-corrected chi connectivity index (χ2v) is 5.07. The van der Waals surface area contributed by atoms with Gasteiger partial charge in [0.1, 0.15) is 0 Å². The van der Waals surface area contributed by atoms with Crippen molar-refractivity contribution in [2.75, 3.05) is 0 Å². The van der Waals surface area contributed by atoms with Crippen molar-refractivity contribution in [1.29, 1.82) is 0 Å². The molecular weight excluding hydrogens is 236 g/mol. The summed E-state index contributed by atoms with van der Waals surface area (Å²) in [5.41, 5.74) is 3.65. The first-order valence-corrected chi connectivity index (χ1v) is 6.82. The molecule has 2 N–H and O–H groups in total. The molecule has 1 atom stereocenters. The highest BCUT2D eigenvalue weighted by Gasteiger charge is 2.19. The third kappa shape index (κ3) is 2.76. The summed E-state index contributed by atoms with van der Waals surface area (Å²) in [4.78, 5) is 14.3. The molecule has 0 bridgehead atoms. The van der Waals surface area contributed by atoms with Crippen LogP contribution in [-0.2, 0) is 13.0 Å². The monoisotopic (exact) mass is 254 g/mol. The Morgan fingerprint density at radius 1 is 1.16 bits per heavy atom. The Bertz CT molecular complexity index is 604. The Morgan fingerprint density at radius 3 is 2.84 bits per heavy atom. The summed E-state index contributed by atoms with van der Waals surface area (Å²) in [5.74, 6) is 0. The molecule has 3 rings (SSSR count). The van der Waals surface area contributed by atoms with E-state index < -0.39 is 0 Å². The molecule has 0 radical (unpaired) electrons. The predicted molar refractivity (Wildman–Crippen MR) is 76.0 cm³/mol. The zero-order chi connectivity index (χ0) is 13.1. The summed E-state index contributed by atoms with van der Waals surface area (Å²) in [6.07, 6.45) is 3.24. The fourth-order valence-corrected chi connectivity index (χ4v) is 2.75. The van der Waals surface area contributed by atoms with Crippen molar-refractivity contribution in [3.8, 4) is 0 Å². The van der Waals surface area contributed by atoms with E-state index in [0.29, 0.717) is 6.04 Å². The van der Waals surface area contributed by atoms with Gasteiger partial charge >= 0.3 is 0 Å². The number of rotatable bonds is 3. The van der Waals surface area contributed by atoms with Crippen molar-refractivity contribution in [2.24, 2.45) is 0 Å². The summed E-state index contributed by atoms with van der Waals surface area (Å²) in [6, 6.07) is 14.3. The van der Waals surface area contributed by atoms with Gasteiger partial charge in [-0.15, -0.1) is 0 Å². The predicted octanol–water partition coefficient (Wildman–Crippen LogP) is 2.54. The van der Waals surface area contributed by atoms with Gasteiger partial charge < -0.3 is 10.3 Å². The summed E-state index contributed by atoms with van der Waals surface area (Å²) < 4.78 is 0. The van der Waals surface area contributed by atoms with Gasteiger partial charge in [0.15, 0.2) is 0 Å². The Morgan fingerprint density at radius 2 is 2.00 bits per heavy atom. The van der Waals surface area contributed by atoms with Crippen LogP contribution < -0.4 is 10.9 Å². The number of aryl methyl sites for hydroxylation is 1. The molecule has 1 aliphatic carbocycles. The maximum Gasteiger partial charge on any atom is 0.248 e. The minimum atomic E-state index is 0.00228. The van der Waals surface area contributed by atoms with E-state index in [1.54, 1.807) is 6.07 Å². The third-order valence-corrected chi connectivity index (χ3v) is 3.73. The molecule has 1 aromatic heterocycles. The summed E-state index contributed by atoms with van der Waals surface area (Å²) in [7, 11) is 0.